The predicted octanol–water partition coefficient (Wildman–Crippen LogP) is 2.74. The van der Waals surface area contributed by atoms with Gasteiger partial charge in [0.1, 0.15) is 4.88 Å². The number of H-pyrrole nitrogens is 1. The van der Waals surface area contributed by atoms with Crippen molar-refractivity contribution in [3.63, 3.8) is 0 Å². The van der Waals surface area contributed by atoms with Crippen molar-refractivity contribution < 1.29 is 27.5 Å². The highest BCUT2D eigenvalue weighted by Crippen LogP contribution is 2.34. The minimum atomic E-state index is -4.18. The van der Waals surface area contributed by atoms with E-state index in [0.717, 1.165) is 25.6 Å². The van der Waals surface area contributed by atoms with E-state index in [9.17, 15) is 18.0 Å². The highest BCUT2D eigenvalue weighted by molar-refractivity contribution is 7.94. The average Bonchev–Trinajstić information content (AvgIpc) is 3.22. The van der Waals surface area contributed by atoms with Gasteiger partial charge in [-0.05, 0) is 31.2 Å². The van der Waals surface area contributed by atoms with Gasteiger partial charge in [0.25, 0.3) is 10.0 Å². The van der Waals surface area contributed by atoms with Gasteiger partial charge in [0.2, 0.25) is 0 Å². The van der Waals surface area contributed by atoms with Crippen LogP contribution >= 0.6 is 11.3 Å². The molecule has 0 aliphatic carbocycles. The molecule has 2 heterocycles. The summed E-state index contributed by atoms with van der Waals surface area (Å²) < 4.78 is 37.1. The van der Waals surface area contributed by atoms with E-state index in [1.165, 1.54) is 14.0 Å². The van der Waals surface area contributed by atoms with Gasteiger partial charge in [0.15, 0.2) is 10.0 Å². The number of ether oxygens (including phenoxy) is 2. The van der Waals surface area contributed by atoms with E-state index in [1.807, 2.05) is 0 Å². The first-order valence-electron chi connectivity index (χ1n) is 8.47. The van der Waals surface area contributed by atoms with Crippen LogP contribution in [-0.4, -0.2) is 44.8 Å². The lowest BCUT2D eigenvalue weighted by Crippen LogP contribution is -2.16. The Bertz CT molecular complexity index is 975. The highest BCUT2D eigenvalue weighted by atomic mass is 32.2. The summed E-state index contributed by atoms with van der Waals surface area (Å²) in [7, 11) is -1.87. The van der Waals surface area contributed by atoms with Crippen molar-refractivity contribution in [2.75, 3.05) is 18.9 Å². The summed E-state index contributed by atoms with van der Waals surface area (Å²) in [5.41, 5.74) is 0.775. The van der Waals surface area contributed by atoms with Gasteiger partial charge in [-0.1, -0.05) is 13.8 Å². The number of hydrogen-bond acceptors (Lipinski definition) is 8. The molecule has 0 aromatic carbocycles. The van der Waals surface area contributed by atoms with E-state index >= 15 is 0 Å². The summed E-state index contributed by atoms with van der Waals surface area (Å²) in [5, 5.41) is 6.75. The number of hydrogen-bond donors (Lipinski definition) is 2. The molecule has 154 valence electrons. The zero-order valence-electron chi connectivity index (χ0n) is 16.3. The fourth-order valence-electron chi connectivity index (χ4n) is 2.47. The van der Waals surface area contributed by atoms with E-state index in [2.05, 4.69) is 38.2 Å². The van der Waals surface area contributed by atoms with Gasteiger partial charge >= 0.3 is 11.9 Å². The molecule has 0 amide bonds. The number of carbonyl (C=O) groups is 2. The van der Waals surface area contributed by atoms with E-state index in [1.54, 1.807) is 6.07 Å². The lowest BCUT2D eigenvalue weighted by Gasteiger charge is -2.06. The van der Waals surface area contributed by atoms with Crippen LogP contribution in [0, 0.1) is 12.8 Å². The summed E-state index contributed by atoms with van der Waals surface area (Å²) >= 11 is 0.646. The van der Waals surface area contributed by atoms with Crippen LogP contribution in [0.2, 0.25) is 0 Å². The number of anilines is 1. The third-order valence-electron chi connectivity index (χ3n) is 3.98. The van der Waals surface area contributed by atoms with Crippen LogP contribution in [0.25, 0.3) is 0 Å². The van der Waals surface area contributed by atoms with Crippen molar-refractivity contribution >= 4 is 39.1 Å². The fourth-order valence-corrected chi connectivity index (χ4v) is 5.21. The van der Waals surface area contributed by atoms with Gasteiger partial charge < -0.3 is 9.47 Å². The molecule has 0 aliphatic rings. The second-order valence-corrected chi connectivity index (χ2v) is 9.42. The Morgan fingerprint density at radius 2 is 1.89 bits per heavy atom. The van der Waals surface area contributed by atoms with Crippen LogP contribution in [0.5, 0.6) is 0 Å². The van der Waals surface area contributed by atoms with Crippen LogP contribution in [0.15, 0.2) is 10.3 Å². The Kier molecular flexibility index (Phi) is 6.83. The Balaban J connectivity index is 2.39. The van der Waals surface area contributed by atoms with Gasteiger partial charge in [-0.2, -0.15) is 5.10 Å². The molecule has 2 rings (SSSR count). The smallest absolute Gasteiger partial charge is 0.348 e. The van der Waals surface area contributed by atoms with Crippen LogP contribution in [-0.2, 0) is 25.9 Å². The third-order valence-corrected chi connectivity index (χ3v) is 7.12. The van der Waals surface area contributed by atoms with Gasteiger partial charge in [-0.15, -0.1) is 11.3 Å². The minimum absolute atomic E-state index is 0.0166. The largest absolute Gasteiger partial charge is 0.465 e. The standard InChI is InChI=1S/C17H23N3O6S2/c1-9(2)6-7-11-8-12(19-18-11)20-28(23,24)17-13(15(21)25-4)10(3)14(27-17)16(22)26-5/h8-9H,6-7H2,1-5H3,(H2,18,19,20). The van der Waals surface area contributed by atoms with E-state index in [0.29, 0.717) is 17.3 Å². The first-order valence-corrected chi connectivity index (χ1v) is 10.8. The lowest BCUT2D eigenvalue weighted by molar-refractivity contribution is 0.0596. The number of rotatable bonds is 8. The number of aryl methyl sites for hydroxylation is 1. The Morgan fingerprint density at radius 1 is 1.25 bits per heavy atom. The summed E-state index contributed by atoms with van der Waals surface area (Å²) in [6.07, 6.45) is 1.65. The SMILES string of the molecule is COC(=O)c1sc(S(=O)(=O)Nc2cc(CCC(C)C)[nH]n2)c(C(=O)OC)c1C. The molecule has 0 saturated carbocycles. The molecule has 11 heteroatoms. The highest BCUT2D eigenvalue weighted by Gasteiger charge is 2.33. The number of methoxy groups -OCH3 is 2. The second kappa shape index (κ2) is 8.74. The summed E-state index contributed by atoms with van der Waals surface area (Å²) in [6.45, 7) is 5.64. The molecular weight excluding hydrogens is 406 g/mol. The van der Waals surface area contributed by atoms with Crippen LogP contribution in [0.3, 0.4) is 0 Å². The molecule has 9 nitrogen and oxygen atoms in total. The molecule has 0 bridgehead atoms. The molecule has 28 heavy (non-hydrogen) atoms. The maximum atomic E-state index is 12.9. The third kappa shape index (κ3) is 4.71. The molecule has 0 fully saturated rings. The predicted molar refractivity (Wildman–Crippen MR) is 104 cm³/mol. The number of carbonyl (C=O) groups excluding carboxylic acids is 2. The van der Waals surface area contributed by atoms with Crippen LogP contribution in [0.1, 0.15) is 51.6 Å². The Morgan fingerprint density at radius 3 is 2.46 bits per heavy atom. The zero-order chi connectivity index (χ0) is 21.1. The number of nitrogens with one attached hydrogen (secondary N) is 2. The second-order valence-electron chi connectivity index (χ2n) is 6.52. The monoisotopic (exact) mass is 429 g/mol. The van der Waals surface area contributed by atoms with Gasteiger partial charge in [0, 0.05) is 11.8 Å². The zero-order valence-corrected chi connectivity index (χ0v) is 17.9. The maximum Gasteiger partial charge on any atom is 0.348 e. The minimum Gasteiger partial charge on any atom is -0.465 e. The first kappa shape index (κ1) is 21.9. The molecule has 0 unspecified atom stereocenters. The maximum absolute atomic E-state index is 12.9. The van der Waals surface area contributed by atoms with Gasteiger partial charge in [-0.3, -0.25) is 9.82 Å². The molecule has 0 saturated heterocycles. The van der Waals surface area contributed by atoms with Gasteiger partial charge in [0.05, 0.1) is 19.8 Å². The van der Waals surface area contributed by atoms with E-state index < -0.39 is 22.0 Å². The normalized spacial score (nSPS) is 11.5. The number of esters is 2. The van der Waals surface area contributed by atoms with Crippen molar-refractivity contribution in [3.05, 3.63) is 27.8 Å². The number of sulfonamides is 1. The number of aromatic amines is 1. The fraction of sp³-hybridized carbons (Fsp3) is 0.471. The number of thiophene rings is 1. The topological polar surface area (TPSA) is 127 Å². The Hall–Kier alpha value is -2.40. The molecular formula is C17H23N3O6S2. The summed E-state index contributed by atoms with van der Waals surface area (Å²) in [6, 6.07) is 1.60. The first-order chi connectivity index (χ1) is 13.1. The summed E-state index contributed by atoms with van der Waals surface area (Å²) in [4.78, 5) is 24.1. The molecule has 2 aromatic rings. The lowest BCUT2D eigenvalue weighted by atomic mass is 10.1. The average molecular weight is 430 g/mol. The molecule has 2 N–H and O–H groups in total. The van der Waals surface area contributed by atoms with Crippen molar-refractivity contribution in [2.24, 2.45) is 5.92 Å². The summed E-state index contributed by atoms with van der Waals surface area (Å²) in [5.74, 6) is -0.995. The molecule has 0 spiro atoms. The van der Waals surface area contributed by atoms with Crippen molar-refractivity contribution in [2.45, 2.75) is 37.8 Å². The van der Waals surface area contributed by atoms with Crippen molar-refractivity contribution in [3.8, 4) is 0 Å². The quantitative estimate of drug-likeness (QED) is 0.618. The molecule has 0 atom stereocenters. The Labute approximate surface area is 167 Å². The molecule has 0 radical (unpaired) electrons. The van der Waals surface area contributed by atoms with E-state index in [4.69, 9.17) is 0 Å². The van der Waals surface area contributed by atoms with Crippen LogP contribution in [0.4, 0.5) is 5.82 Å². The van der Waals surface area contributed by atoms with Crippen molar-refractivity contribution in [1.29, 1.82) is 0 Å². The molecule has 2 aromatic heterocycles. The van der Waals surface area contributed by atoms with E-state index in [-0.39, 0.29) is 26.0 Å². The molecule has 0 aliphatic heterocycles. The van der Waals surface area contributed by atoms with Crippen LogP contribution < -0.4 is 4.72 Å². The number of aromatic nitrogens is 2. The van der Waals surface area contributed by atoms with Gasteiger partial charge in [-0.25, -0.2) is 18.0 Å². The number of nitrogens with zero attached hydrogens (tertiary/aromatic N) is 1. The van der Waals surface area contributed by atoms with Crippen molar-refractivity contribution in [1.82, 2.24) is 10.2 Å².